The first-order valence-corrected chi connectivity index (χ1v) is 7.45. The molecule has 4 nitrogen and oxygen atoms in total. The van der Waals surface area contributed by atoms with Crippen molar-refractivity contribution in [3.05, 3.63) is 54.1 Å². The molecule has 0 aliphatic heterocycles. The number of rotatable bonds is 7. The Bertz CT molecular complexity index is 608. The minimum Gasteiger partial charge on any atom is -0.494 e. The Hall–Kier alpha value is -2.49. The highest BCUT2D eigenvalue weighted by molar-refractivity contribution is 5.92. The second kappa shape index (κ2) is 8.08. The van der Waals surface area contributed by atoms with E-state index >= 15 is 0 Å². The number of ether oxygens (including phenoxy) is 2. The fourth-order valence-corrected chi connectivity index (χ4v) is 2.00. The third kappa shape index (κ3) is 4.81. The van der Waals surface area contributed by atoms with E-state index in [9.17, 15) is 4.79 Å². The van der Waals surface area contributed by atoms with Gasteiger partial charge in [0.25, 0.3) is 5.91 Å². The molecule has 0 aromatic heterocycles. The Kier molecular flexibility index (Phi) is 5.83. The zero-order chi connectivity index (χ0) is 15.8. The highest BCUT2D eigenvalue weighted by atomic mass is 16.5. The highest BCUT2D eigenvalue weighted by Gasteiger charge is 2.05. The molecule has 0 spiro atoms. The molecule has 0 radical (unpaired) electrons. The number of benzene rings is 2. The van der Waals surface area contributed by atoms with E-state index in [0.29, 0.717) is 18.0 Å². The van der Waals surface area contributed by atoms with E-state index in [4.69, 9.17) is 9.47 Å². The van der Waals surface area contributed by atoms with Crippen molar-refractivity contribution in [2.75, 3.05) is 18.5 Å². The van der Waals surface area contributed by atoms with Crippen LogP contribution < -0.4 is 14.8 Å². The fourth-order valence-electron chi connectivity index (χ4n) is 2.00. The third-order valence-electron chi connectivity index (χ3n) is 3.13. The summed E-state index contributed by atoms with van der Waals surface area (Å²) in [5.74, 6) is 1.22. The lowest BCUT2D eigenvalue weighted by Crippen LogP contribution is -2.20. The number of anilines is 1. The normalized spacial score (nSPS) is 10.1. The van der Waals surface area contributed by atoms with Gasteiger partial charge in [-0.3, -0.25) is 4.79 Å². The summed E-state index contributed by atoms with van der Waals surface area (Å²) >= 11 is 0. The molecular weight excluding hydrogens is 278 g/mol. The number of hydrogen-bond donors (Lipinski definition) is 1. The van der Waals surface area contributed by atoms with E-state index in [-0.39, 0.29) is 12.5 Å². The summed E-state index contributed by atoms with van der Waals surface area (Å²) in [5.41, 5.74) is 1.94. The Morgan fingerprint density at radius 2 is 1.77 bits per heavy atom. The molecule has 0 fully saturated rings. The van der Waals surface area contributed by atoms with Crippen molar-refractivity contribution in [1.82, 2.24) is 0 Å². The molecule has 2 aromatic carbocycles. The zero-order valence-corrected chi connectivity index (χ0v) is 13.0. The van der Waals surface area contributed by atoms with Gasteiger partial charge in [-0.1, -0.05) is 25.1 Å². The number of carbonyl (C=O) groups excluding carboxylic acids is 1. The monoisotopic (exact) mass is 299 g/mol. The van der Waals surface area contributed by atoms with Crippen LogP contribution in [0.4, 0.5) is 5.69 Å². The predicted octanol–water partition coefficient (Wildman–Crippen LogP) is 3.67. The molecule has 22 heavy (non-hydrogen) atoms. The van der Waals surface area contributed by atoms with E-state index < -0.39 is 0 Å². The predicted molar refractivity (Wildman–Crippen MR) is 87.6 cm³/mol. The molecule has 2 aromatic rings. The van der Waals surface area contributed by atoms with Crippen molar-refractivity contribution in [2.45, 2.75) is 20.3 Å². The molecule has 0 saturated carbocycles. The molecule has 2 rings (SSSR count). The minimum atomic E-state index is -0.201. The Balaban J connectivity index is 1.85. The summed E-state index contributed by atoms with van der Waals surface area (Å²) in [6, 6.07) is 15.0. The van der Waals surface area contributed by atoms with Crippen molar-refractivity contribution in [3.63, 3.8) is 0 Å². The quantitative estimate of drug-likeness (QED) is 0.848. The van der Waals surface area contributed by atoms with Crippen LogP contribution >= 0.6 is 0 Å². The summed E-state index contributed by atoms with van der Waals surface area (Å²) in [7, 11) is 0. The van der Waals surface area contributed by atoms with E-state index in [1.54, 1.807) is 6.07 Å². The van der Waals surface area contributed by atoms with Gasteiger partial charge in [0.2, 0.25) is 0 Å². The van der Waals surface area contributed by atoms with Crippen LogP contribution in [0.3, 0.4) is 0 Å². The summed E-state index contributed by atoms with van der Waals surface area (Å²) in [5, 5.41) is 2.79. The first-order valence-electron chi connectivity index (χ1n) is 7.45. The molecule has 0 unspecified atom stereocenters. The number of nitrogens with one attached hydrogen (secondary N) is 1. The van der Waals surface area contributed by atoms with Gasteiger partial charge in [0.05, 0.1) is 6.61 Å². The van der Waals surface area contributed by atoms with Gasteiger partial charge in [-0.15, -0.1) is 0 Å². The van der Waals surface area contributed by atoms with Crippen LogP contribution in [0.5, 0.6) is 11.5 Å². The van der Waals surface area contributed by atoms with Crippen molar-refractivity contribution >= 4 is 11.6 Å². The maximum Gasteiger partial charge on any atom is 0.262 e. The molecule has 0 aliphatic carbocycles. The van der Waals surface area contributed by atoms with Gasteiger partial charge in [-0.25, -0.2) is 0 Å². The number of carbonyl (C=O) groups is 1. The molecule has 0 bridgehead atoms. The molecule has 0 atom stereocenters. The SMILES string of the molecule is CCOc1cccc(NC(=O)COc2ccc(CC)cc2)c1. The van der Waals surface area contributed by atoms with Crippen LogP contribution in [0, 0.1) is 0 Å². The minimum absolute atomic E-state index is 0.0235. The van der Waals surface area contributed by atoms with E-state index in [1.165, 1.54) is 5.56 Å². The maximum absolute atomic E-state index is 11.9. The van der Waals surface area contributed by atoms with Gasteiger partial charge in [-0.05, 0) is 43.2 Å². The smallest absolute Gasteiger partial charge is 0.262 e. The van der Waals surface area contributed by atoms with E-state index in [0.717, 1.165) is 12.2 Å². The van der Waals surface area contributed by atoms with Gasteiger partial charge in [0, 0.05) is 11.8 Å². The van der Waals surface area contributed by atoms with Crippen LogP contribution in [0.15, 0.2) is 48.5 Å². The maximum atomic E-state index is 11.9. The van der Waals surface area contributed by atoms with Gasteiger partial charge >= 0.3 is 0 Å². The van der Waals surface area contributed by atoms with Gasteiger partial charge < -0.3 is 14.8 Å². The molecule has 0 aliphatic rings. The second-order valence-electron chi connectivity index (χ2n) is 4.80. The molecule has 1 N–H and O–H groups in total. The summed E-state index contributed by atoms with van der Waals surface area (Å²) in [6.07, 6.45) is 0.983. The zero-order valence-electron chi connectivity index (χ0n) is 13.0. The number of hydrogen-bond acceptors (Lipinski definition) is 3. The third-order valence-corrected chi connectivity index (χ3v) is 3.13. The van der Waals surface area contributed by atoms with E-state index in [2.05, 4.69) is 12.2 Å². The topological polar surface area (TPSA) is 47.6 Å². The standard InChI is InChI=1S/C18H21NO3/c1-3-14-8-10-16(11-9-14)22-13-18(20)19-15-6-5-7-17(12-15)21-4-2/h5-12H,3-4,13H2,1-2H3,(H,19,20). The van der Waals surface area contributed by atoms with Crippen molar-refractivity contribution in [3.8, 4) is 11.5 Å². The first kappa shape index (κ1) is 15.9. The van der Waals surface area contributed by atoms with Crippen LogP contribution in [0.1, 0.15) is 19.4 Å². The Labute approximate surface area is 131 Å². The summed E-state index contributed by atoms with van der Waals surface area (Å²) in [4.78, 5) is 11.9. The lowest BCUT2D eigenvalue weighted by atomic mass is 10.2. The van der Waals surface area contributed by atoms with Crippen LogP contribution in [0.25, 0.3) is 0 Å². The summed E-state index contributed by atoms with van der Waals surface area (Å²) in [6.45, 7) is 4.58. The average molecular weight is 299 g/mol. The second-order valence-corrected chi connectivity index (χ2v) is 4.80. The van der Waals surface area contributed by atoms with Crippen molar-refractivity contribution < 1.29 is 14.3 Å². The molecule has 1 amide bonds. The summed E-state index contributed by atoms with van der Waals surface area (Å²) < 4.78 is 10.9. The van der Waals surface area contributed by atoms with Gasteiger partial charge in [0.1, 0.15) is 11.5 Å². The number of amides is 1. The number of aryl methyl sites for hydroxylation is 1. The molecule has 116 valence electrons. The molecule has 0 heterocycles. The molecule has 0 saturated heterocycles. The van der Waals surface area contributed by atoms with Crippen LogP contribution in [-0.2, 0) is 11.2 Å². The molecular formula is C18H21NO3. The van der Waals surface area contributed by atoms with E-state index in [1.807, 2.05) is 49.4 Å². The van der Waals surface area contributed by atoms with Crippen molar-refractivity contribution in [1.29, 1.82) is 0 Å². The lowest BCUT2D eigenvalue weighted by Gasteiger charge is -2.09. The van der Waals surface area contributed by atoms with Crippen LogP contribution in [0.2, 0.25) is 0 Å². The average Bonchev–Trinajstić information content (AvgIpc) is 2.54. The van der Waals surface area contributed by atoms with Crippen LogP contribution in [-0.4, -0.2) is 19.1 Å². The molecule has 4 heteroatoms. The Morgan fingerprint density at radius 1 is 1.00 bits per heavy atom. The lowest BCUT2D eigenvalue weighted by molar-refractivity contribution is -0.118. The largest absolute Gasteiger partial charge is 0.494 e. The first-order chi connectivity index (χ1) is 10.7. The van der Waals surface area contributed by atoms with Crippen molar-refractivity contribution in [2.24, 2.45) is 0 Å². The Morgan fingerprint density at radius 3 is 2.45 bits per heavy atom. The highest BCUT2D eigenvalue weighted by Crippen LogP contribution is 2.17. The van der Waals surface area contributed by atoms with Gasteiger partial charge in [-0.2, -0.15) is 0 Å². The fraction of sp³-hybridized carbons (Fsp3) is 0.278. The van der Waals surface area contributed by atoms with Gasteiger partial charge in [0.15, 0.2) is 6.61 Å².